The SMILES string of the molecule is CCCCCCCCCCCC[N+](CCCCCCCCCCCC)(CCCCCCCCCCCC)C(C)(OCC)c1c(OB(Oc2cc(F)c(F)c(F)c2)Oc2cc(F)c(F)c(F)c2)cc(F)c(F)c1F.Fc1c[c-]cc(F)c1F. The smallest absolute Gasteiger partial charge is 0.489 e. The highest BCUT2D eigenvalue weighted by Gasteiger charge is 2.54. The van der Waals surface area contributed by atoms with Crippen molar-refractivity contribution >= 4 is 7.32 Å². The highest BCUT2D eigenvalue weighted by atomic mass is 19.2. The van der Waals surface area contributed by atoms with Crippen molar-refractivity contribution in [2.75, 3.05) is 26.2 Å². The molecule has 462 valence electrons. The Bertz CT molecular complexity index is 2230. The first kappa shape index (κ1) is 71.7. The third-order valence-corrected chi connectivity index (χ3v) is 15.2. The lowest BCUT2D eigenvalue weighted by Crippen LogP contribution is -2.64. The quantitative estimate of drug-likeness (QED) is 0.00842. The number of hydrogen-bond donors (Lipinski definition) is 0. The summed E-state index contributed by atoms with van der Waals surface area (Å²) >= 11 is 0. The zero-order valence-electron chi connectivity index (χ0n) is 49.3. The largest absolute Gasteiger partial charge is 0.864 e. The number of ether oxygens (including phenoxy) is 1. The fourth-order valence-electron chi connectivity index (χ4n) is 10.5. The van der Waals surface area contributed by atoms with Crippen molar-refractivity contribution < 1.29 is 75.9 Å². The van der Waals surface area contributed by atoms with Crippen molar-refractivity contribution in [2.24, 2.45) is 0 Å². The Morgan fingerprint density at radius 3 is 0.963 bits per heavy atom. The highest BCUT2D eigenvalue weighted by Crippen LogP contribution is 2.46. The van der Waals surface area contributed by atoms with Crippen LogP contribution in [0, 0.1) is 75.9 Å². The number of benzene rings is 4. The molecule has 4 rings (SSSR count). The van der Waals surface area contributed by atoms with E-state index in [0.29, 0.717) is 69.2 Å². The second-order valence-corrected chi connectivity index (χ2v) is 21.6. The predicted octanol–water partition coefficient (Wildman–Crippen LogP) is 21.2. The van der Waals surface area contributed by atoms with Gasteiger partial charge in [-0.15, -0.1) is 12.1 Å². The maximum Gasteiger partial charge on any atom is 0.864 e. The van der Waals surface area contributed by atoms with Crippen LogP contribution in [-0.4, -0.2) is 38.0 Å². The molecule has 5 nitrogen and oxygen atoms in total. The van der Waals surface area contributed by atoms with E-state index >= 15 is 13.2 Å². The van der Waals surface area contributed by atoms with E-state index in [1.165, 1.54) is 96.3 Å². The molecule has 0 bridgehead atoms. The molecule has 0 amide bonds. The lowest BCUT2D eigenvalue weighted by atomic mass is 9.93. The summed E-state index contributed by atoms with van der Waals surface area (Å²) in [5, 5.41) is 0. The lowest BCUT2D eigenvalue weighted by Gasteiger charge is -2.52. The average Bonchev–Trinajstić information content (AvgIpc) is 1.26. The van der Waals surface area contributed by atoms with Crippen LogP contribution in [-0.2, 0) is 10.5 Å². The Labute approximate surface area is 482 Å². The van der Waals surface area contributed by atoms with Crippen molar-refractivity contribution in [1.29, 1.82) is 0 Å². The normalized spacial score (nSPS) is 12.3. The van der Waals surface area contributed by atoms with E-state index in [4.69, 9.17) is 18.7 Å². The molecule has 1 unspecified atom stereocenters. The molecular formula is C64H90BF12NO4. The summed E-state index contributed by atoms with van der Waals surface area (Å²) < 4.78 is 195. The third-order valence-electron chi connectivity index (χ3n) is 15.2. The predicted molar refractivity (Wildman–Crippen MR) is 301 cm³/mol. The molecule has 18 heteroatoms. The van der Waals surface area contributed by atoms with Crippen LogP contribution >= 0.6 is 0 Å². The highest BCUT2D eigenvalue weighted by molar-refractivity contribution is 6.39. The van der Waals surface area contributed by atoms with Gasteiger partial charge < -0.3 is 18.7 Å². The molecule has 0 aliphatic carbocycles. The third kappa shape index (κ3) is 24.2. The summed E-state index contributed by atoms with van der Waals surface area (Å²) in [6.45, 7) is 11.4. The summed E-state index contributed by atoms with van der Waals surface area (Å²) in [7, 11) is -2.41. The Morgan fingerprint density at radius 1 is 0.366 bits per heavy atom. The van der Waals surface area contributed by atoms with Gasteiger partial charge in [0.15, 0.2) is 52.4 Å². The molecule has 0 aliphatic rings. The van der Waals surface area contributed by atoms with E-state index in [0.717, 1.165) is 89.2 Å². The second-order valence-electron chi connectivity index (χ2n) is 21.6. The fraction of sp³-hybridized carbons (Fsp3) is 0.625. The van der Waals surface area contributed by atoms with Crippen molar-refractivity contribution in [3.63, 3.8) is 0 Å². The van der Waals surface area contributed by atoms with Gasteiger partial charge in [-0.1, -0.05) is 175 Å². The van der Waals surface area contributed by atoms with Gasteiger partial charge in [-0.2, -0.15) is 6.07 Å². The van der Waals surface area contributed by atoms with Crippen molar-refractivity contribution in [3.8, 4) is 17.2 Å². The van der Waals surface area contributed by atoms with Gasteiger partial charge in [0.05, 0.1) is 32.1 Å². The summed E-state index contributed by atoms with van der Waals surface area (Å²) in [5.41, 5.74) is -2.34. The molecule has 0 saturated heterocycles. The summed E-state index contributed by atoms with van der Waals surface area (Å²) in [6.07, 6.45) is 32.3. The van der Waals surface area contributed by atoms with Gasteiger partial charge in [0.25, 0.3) is 0 Å². The maximum absolute atomic E-state index is 17.2. The lowest BCUT2D eigenvalue weighted by molar-refractivity contribution is -1.01. The maximum atomic E-state index is 17.2. The molecule has 1 atom stereocenters. The summed E-state index contributed by atoms with van der Waals surface area (Å²) in [4.78, 5) is 0. The van der Waals surface area contributed by atoms with E-state index in [2.05, 4.69) is 26.8 Å². The standard InChI is InChI=1S/C58H88BF9NO4.C6H2F3/c1-6-10-13-16-19-22-25-28-31-34-37-69(38-35-32-29-26-23-20-17-14-11-7-2,39-36-33-30-27-24-21-18-15-12-8-3)58(5,70-9-4)53-52(44-51(64)56(67)57(53)68)73-59(71-45-40-47(60)54(65)48(61)41-45)72-46-42-49(62)55(66)50(63)43-46;7-4-2-1-3-5(8)6(4)9/h40-44H,6-39H2,1-5H3;2-3H/q+1;-1. The second kappa shape index (κ2) is 39.9. The number of quaternary nitrogens is 1. The number of nitrogens with zero attached hydrogens (tertiary/aromatic N) is 1. The first-order valence-electron chi connectivity index (χ1n) is 30.4. The molecule has 4 aromatic rings. The van der Waals surface area contributed by atoms with Crippen LogP contribution in [0.15, 0.2) is 42.5 Å². The number of rotatable bonds is 43. The van der Waals surface area contributed by atoms with Gasteiger partial charge in [-0.25, -0.2) is 43.9 Å². The minimum absolute atomic E-state index is 0.00115. The van der Waals surface area contributed by atoms with Crippen LogP contribution < -0.4 is 14.0 Å². The molecule has 0 fully saturated rings. The van der Waals surface area contributed by atoms with Gasteiger partial charge >= 0.3 is 7.32 Å². The Morgan fingerprint density at radius 2 is 0.659 bits per heavy atom. The molecule has 0 radical (unpaired) electrons. The van der Waals surface area contributed by atoms with E-state index < -0.39 is 106 Å². The average molecular weight is 1180 g/mol. The van der Waals surface area contributed by atoms with E-state index in [9.17, 15) is 39.5 Å². The number of unbranched alkanes of at least 4 members (excludes halogenated alkanes) is 27. The zero-order valence-corrected chi connectivity index (χ0v) is 49.3. The van der Waals surface area contributed by atoms with E-state index in [1.54, 1.807) is 13.8 Å². The molecule has 4 aromatic carbocycles. The Balaban J connectivity index is 0.00000178. The molecule has 0 saturated carbocycles. The molecule has 82 heavy (non-hydrogen) atoms. The molecule has 0 heterocycles. The van der Waals surface area contributed by atoms with Crippen molar-refractivity contribution in [1.82, 2.24) is 0 Å². The summed E-state index contributed by atoms with van der Waals surface area (Å²) in [6, 6.07) is 5.82. The first-order chi connectivity index (χ1) is 39.4. The minimum atomic E-state index is -2.41. The van der Waals surface area contributed by atoms with Crippen molar-refractivity contribution in [2.45, 2.75) is 233 Å². The first-order valence-corrected chi connectivity index (χ1v) is 30.4. The van der Waals surface area contributed by atoms with E-state index in [1.807, 2.05) is 0 Å². The molecule has 0 aromatic heterocycles. The Kier molecular flexibility index (Phi) is 34.9. The van der Waals surface area contributed by atoms with Crippen LogP contribution in [0.5, 0.6) is 17.2 Å². The van der Waals surface area contributed by atoms with Gasteiger partial charge in [0, 0.05) is 48.9 Å². The number of halogens is 12. The van der Waals surface area contributed by atoms with Crippen LogP contribution in [0.25, 0.3) is 0 Å². The molecule has 0 N–H and O–H groups in total. The van der Waals surface area contributed by atoms with E-state index in [-0.39, 0.29) is 11.1 Å². The molecular weight excluding hydrogens is 1090 g/mol. The van der Waals surface area contributed by atoms with Gasteiger partial charge in [-0.3, -0.25) is 13.3 Å². The van der Waals surface area contributed by atoms with Crippen molar-refractivity contribution in [3.05, 3.63) is 124 Å². The van der Waals surface area contributed by atoms with Crippen LogP contribution in [0.2, 0.25) is 0 Å². The molecule has 0 aliphatic heterocycles. The van der Waals surface area contributed by atoms with Crippen LogP contribution in [0.4, 0.5) is 52.7 Å². The Hall–Kier alpha value is -4.58. The van der Waals surface area contributed by atoms with Crippen LogP contribution in [0.3, 0.4) is 0 Å². The van der Waals surface area contributed by atoms with Gasteiger partial charge in [-0.05, 0) is 45.4 Å². The van der Waals surface area contributed by atoms with Gasteiger partial charge in [0.2, 0.25) is 5.72 Å². The monoisotopic (exact) mass is 1180 g/mol. The number of hydrogen-bond acceptors (Lipinski definition) is 4. The topological polar surface area (TPSA) is 36.9 Å². The summed E-state index contributed by atoms with van der Waals surface area (Å²) in [5.74, 6) is -21.7. The molecule has 0 spiro atoms. The zero-order chi connectivity index (χ0) is 60.3. The minimum Gasteiger partial charge on any atom is -0.489 e. The fourth-order valence-corrected chi connectivity index (χ4v) is 10.5. The van der Waals surface area contributed by atoms with Crippen LogP contribution in [0.1, 0.15) is 233 Å². The van der Waals surface area contributed by atoms with Gasteiger partial charge in [0.1, 0.15) is 22.8 Å².